The number of alkyl halides is 1. The normalized spacial score (nSPS) is 14.8. The number of hydrogen-bond acceptors (Lipinski definition) is 1. The molecule has 0 radical (unpaired) electrons. The molecule has 0 aromatic heterocycles. The van der Waals surface area contributed by atoms with E-state index < -0.39 is 0 Å². The Bertz CT molecular complexity index is 699. The van der Waals surface area contributed by atoms with Crippen molar-refractivity contribution in [1.29, 1.82) is 0 Å². The van der Waals surface area contributed by atoms with Crippen LogP contribution < -0.4 is 5.32 Å². The third-order valence-corrected chi connectivity index (χ3v) is 5.06. The van der Waals surface area contributed by atoms with Gasteiger partial charge in [0, 0.05) is 10.7 Å². The van der Waals surface area contributed by atoms with E-state index in [0.717, 1.165) is 33.0 Å². The number of carbonyl (C=O) groups excluding carboxylic acids is 1. The molecule has 0 spiro atoms. The third kappa shape index (κ3) is 2.36. The van der Waals surface area contributed by atoms with Crippen LogP contribution in [0.25, 0.3) is 0 Å². The van der Waals surface area contributed by atoms with Gasteiger partial charge in [0.15, 0.2) is 0 Å². The van der Waals surface area contributed by atoms with Gasteiger partial charge in [-0.2, -0.15) is 0 Å². The van der Waals surface area contributed by atoms with Crippen LogP contribution in [0.4, 0.5) is 5.69 Å². The average Bonchev–Trinajstić information content (AvgIpc) is 2.80. The maximum absolute atomic E-state index is 11.4. The second-order valence-corrected chi connectivity index (χ2v) is 6.28. The quantitative estimate of drug-likeness (QED) is 0.786. The first-order valence-corrected chi connectivity index (χ1v) is 7.67. The molecule has 0 saturated carbocycles. The standard InChI is InChI=1S/C16H13BrClNO/c1-9-12(3-2-4-13(9)18)16(17)10-5-6-14-11(7-10)8-15(20)19-14/h2-7,16H,8H2,1H3,(H,19,20). The highest BCUT2D eigenvalue weighted by Crippen LogP contribution is 2.37. The molecule has 1 aliphatic rings. The number of anilines is 1. The lowest BCUT2D eigenvalue weighted by atomic mass is 9.98. The largest absolute Gasteiger partial charge is 0.326 e. The first kappa shape index (κ1) is 13.7. The average molecular weight is 351 g/mol. The maximum atomic E-state index is 11.4. The van der Waals surface area contributed by atoms with Crippen molar-refractivity contribution in [3.8, 4) is 0 Å². The minimum Gasteiger partial charge on any atom is -0.326 e. The van der Waals surface area contributed by atoms with Gasteiger partial charge in [-0.25, -0.2) is 0 Å². The van der Waals surface area contributed by atoms with E-state index in [4.69, 9.17) is 11.6 Å². The number of carbonyl (C=O) groups is 1. The van der Waals surface area contributed by atoms with Crippen molar-refractivity contribution in [2.45, 2.75) is 18.2 Å². The molecule has 1 heterocycles. The molecule has 1 N–H and O–H groups in total. The smallest absolute Gasteiger partial charge is 0.228 e. The van der Waals surface area contributed by atoms with E-state index in [2.05, 4.69) is 33.4 Å². The lowest BCUT2D eigenvalue weighted by molar-refractivity contribution is -0.115. The Kier molecular flexibility index (Phi) is 3.57. The highest BCUT2D eigenvalue weighted by molar-refractivity contribution is 9.09. The Hall–Kier alpha value is -1.32. The van der Waals surface area contributed by atoms with Gasteiger partial charge in [-0.3, -0.25) is 4.79 Å². The van der Waals surface area contributed by atoms with Crippen LogP contribution >= 0.6 is 27.5 Å². The van der Waals surface area contributed by atoms with E-state index in [-0.39, 0.29) is 10.7 Å². The number of rotatable bonds is 2. The second-order valence-electron chi connectivity index (χ2n) is 4.96. The lowest BCUT2D eigenvalue weighted by Gasteiger charge is -2.15. The molecule has 0 fully saturated rings. The van der Waals surface area contributed by atoms with Crippen LogP contribution in [-0.4, -0.2) is 5.91 Å². The van der Waals surface area contributed by atoms with Crippen molar-refractivity contribution < 1.29 is 4.79 Å². The summed E-state index contributed by atoms with van der Waals surface area (Å²) in [7, 11) is 0. The fourth-order valence-electron chi connectivity index (χ4n) is 2.49. The summed E-state index contributed by atoms with van der Waals surface area (Å²) in [6.07, 6.45) is 0.456. The van der Waals surface area contributed by atoms with Crippen LogP contribution in [0.2, 0.25) is 5.02 Å². The van der Waals surface area contributed by atoms with Crippen molar-refractivity contribution in [2.24, 2.45) is 0 Å². The number of hydrogen-bond donors (Lipinski definition) is 1. The molecular weight excluding hydrogens is 338 g/mol. The van der Waals surface area contributed by atoms with E-state index >= 15 is 0 Å². The van der Waals surface area contributed by atoms with Crippen molar-refractivity contribution >= 4 is 39.1 Å². The number of benzene rings is 2. The minimum atomic E-state index is 0.0576. The molecule has 20 heavy (non-hydrogen) atoms. The first-order valence-electron chi connectivity index (χ1n) is 6.38. The van der Waals surface area contributed by atoms with Crippen LogP contribution in [0, 0.1) is 6.92 Å². The molecule has 1 atom stereocenters. The van der Waals surface area contributed by atoms with Crippen LogP contribution in [0.3, 0.4) is 0 Å². The van der Waals surface area contributed by atoms with Gasteiger partial charge in [0.1, 0.15) is 0 Å². The predicted octanol–water partition coefficient (Wildman–Crippen LogP) is 4.63. The van der Waals surface area contributed by atoms with Crippen LogP contribution in [0.1, 0.15) is 27.1 Å². The Morgan fingerprint density at radius 2 is 2.10 bits per heavy atom. The molecule has 2 aromatic carbocycles. The number of nitrogens with one attached hydrogen (secondary N) is 1. The first-order chi connectivity index (χ1) is 9.56. The molecule has 1 amide bonds. The Morgan fingerprint density at radius 1 is 1.30 bits per heavy atom. The van der Waals surface area contributed by atoms with Gasteiger partial charge in [0.05, 0.1) is 11.2 Å². The molecule has 3 rings (SSSR count). The lowest BCUT2D eigenvalue weighted by Crippen LogP contribution is -2.03. The van der Waals surface area contributed by atoms with Crippen LogP contribution in [-0.2, 0) is 11.2 Å². The van der Waals surface area contributed by atoms with Gasteiger partial charge in [-0.05, 0) is 41.3 Å². The number of fused-ring (bicyclic) bond motifs is 1. The predicted molar refractivity (Wildman–Crippen MR) is 85.7 cm³/mol. The molecule has 0 aliphatic carbocycles. The van der Waals surface area contributed by atoms with Gasteiger partial charge in [0.25, 0.3) is 0 Å². The van der Waals surface area contributed by atoms with Gasteiger partial charge >= 0.3 is 0 Å². The fourth-order valence-corrected chi connectivity index (χ4v) is 3.45. The van der Waals surface area contributed by atoms with Gasteiger partial charge in [-0.1, -0.05) is 51.8 Å². The molecule has 1 aliphatic heterocycles. The zero-order chi connectivity index (χ0) is 14.3. The topological polar surface area (TPSA) is 29.1 Å². The zero-order valence-electron chi connectivity index (χ0n) is 10.9. The van der Waals surface area contributed by atoms with Crippen molar-refractivity contribution in [2.75, 3.05) is 5.32 Å². The summed E-state index contributed by atoms with van der Waals surface area (Å²) in [4.78, 5) is 11.5. The Morgan fingerprint density at radius 3 is 2.90 bits per heavy atom. The molecule has 2 nitrogen and oxygen atoms in total. The molecule has 4 heteroatoms. The summed E-state index contributed by atoms with van der Waals surface area (Å²) in [5.41, 5.74) is 5.32. The van der Waals surface area contributed by atoms with Crippen molar-refractivity contribution in [3.05, 3.63) is 63.7 Å². The second kappa shape index (κ2) is 5.23. The fraction of sp³-hybridized carbons (Fsp3) is 0.188. The molecule has 0 bridgehead atoms. The third-order valence-electron chi connectivity index (χ3n) is 3.63. The summed E-state index contributed by atoms with van der Waals surface area (Å²) < 4.78 is 0. The van der Waals surface area contributed by atoms with E-state index in [1.165, 1.54) is 0 Å². The van der Waals surface area contributed by atoms with E-state index in [9.17, 15) is 4.79 Å². The molecule has 1 unspecified atom stereocenters. The summed E-state index contributed by atoms with van der Waals surface area (Å²) >= 11 is 9.92. The Labute approximate surface area is 131 Å². The minimum absolute atomic E-state index is 0.0576. The summed E-state index contributed by atoms with van der Waals surface area (Å²) in [5.74, 6) is 0.0576. The number of amides is 1. The maximum Gasteiger partial charge on any atom is 0.228 e. The molecule has 2 aromatic rings. The van der Waals surface area contributed by atoms with Crippen molar-refractivity contribution in [3.63, 3.8) is 0 Å². The van der Waals surface area contributed by atoms with Crippen molar-refractivity contribution in [1.82, 2.24) is 0 Å². The van der Waals surface area contributed by atoms with E-state index in [1.54, 1.807) is 0 Å². The van der Waals surface area contributed by atoms with E-state index in [1.807, 2.05) is 31.2 Å². The molecular formula is C16H13BrClNO. The highest BCUT2D eigenvalue weighted by atomic mass is 79.9. The summed E-state index contributed by atoms with van der Waals surface area (Å²) in [5, 5.41) is 3.62. The van der Waals surface area contributed by atoms with Gasteiger partial charge in [0.2, 0.25) is 5.91 Å². The number of halogens is 2. The molecule has 0 saturated heterocycles. The monoisotopic (exact) mass is 349 g/mol. The van der Waals surface area contributed by atoms with Gasteiger partial charge in [-0.15, -0.1) is 0 Å². The highest BCUT2D eigenvalue weighted by Gasteiger charge is 2.20. The summed E-state index contributed by atoms with van der Waals surface area (Å²) in [6.45, 7) is 2.02. The van der Waals surface area contributed by atoms with Gasteiger partial charge < -0.3 is 5.32 Å². The zero-order valence-corrected chi connectivity index (χ0v) is 13.3. The summed E-state index contributed by atoms with van der Waals surface area (Å²) in [6, 6.07) is 12.0. The van der Waals surface area contributed by atoms with Crippen LogP contribution in [0.15, 0.2) is 36.4 Å². The van der Waals surface area contributed by atoms with E-state index in [0.29, 0.717) is 6.42 Å². The SMILES string of the molecule is Cc1c(Cl)cccc1C(Br)c1ccc2c(c1)CC(=O)N2. The van der Waals surface area contributed by atoms with Crippen LogP contribution in [0.5, 0.6) is 0 Å². The molecule has 102 valence electrons. The Balaban J connectivity index is 1.99.